The Labute approximate surface area is 268 Å². The zero-order valence-corrected chi connectivity index (χ0v) is 26.2. The molecule has 0 spiro atoms. The van der Waals surface area contributed by atoms with Gasteiger partial charge in [-0.1, -0.05) is 61.7 Å². The lowest BCUT2D eigenvalue weighted by Gasteiger charge is -2.22. The molecule has 0 saturated carbocycles. The second kappa shape index (κ2) is 14.0. The molecule has 4 aromatic rings. The maximum Gasteiger partial charge on any atom is 0.573 e. The Hall–Kier alpha value is -4.89. The number of unbranched alkanes of at least 4 members (excludes halogenated alkanes) is 1. The molecule has 2 amide bonds. The smallest absolute Gasteiger partial charge is 0.406 e. The van der Waals surface area contributed by atoms with Crippen LogP contribution in [0.5, 0.6) is 5.75 Å². The van der Waals surface area contributed by atoms with E-state index >= 15 is 0 Å². The van der Waals surface area contributed by atoms with Crippen LogP contribution in [0.25, 0.3) is 17.1 Å². The van der Waals surface area contributed by atoms with E-state index in [-0.39, 0.29) is 35.7 Å². The summed E-state index contributed by atoms with van der Waals surface area (Å²) in [5.74, 6) is 6.35. The number of amidine groups is 1. The second-order valence-corrected chi connectivity index (χ2v) is 11.8. The fraction of sp³-hybridized carbons (Fsp3) is 0.265. The lowest BCUT2D eigenvalue weighted by atomic mass is 9.99. The number of ether oxygens (including phenoxy) is 1. The van der Waals surface area contributed by atoms with Gasteiger partial charge < -0.3 is 4.74 Å². The molecule has 1 aliphatic heterocycles. The predicted octanol–water partition coefficient (Wildman–Crippen LogP) is 7.45. The SMILES string of the molecule is Cc1ccc(C(C)C)c(N2C(=O)CSC2=NC(=O)CCCC#Cc2cccc(-c3ncn(-c4ccc(OC(F)(F)F)cc4)n3)c2)c1. The van der Waals surface area contributed by atoms with Gasteiger partial charge in [0.05, 0.1) is 17.1 Å². The zero-order valence-electron chi connectivity index (χ0n) is 25.3. The zero-order chi connectivity index (χ0) is 32.8. The fourth-order valence-electron chi connectivity index (χ4n) is 4.73. The summed E-state index contributed by atoms with van der Waals surface area (Å²) in [7, 11) is 0. The van der Waals surface area contributed by atoms with Gasteiger partial charge in [-0.3, -0.25) is 14.5 Å². The molecule has 236 valence electrons. The molecule has 1 fully saturated rings. The van der Waals surface area contributed by atoms with Crippen LogP contribution in [-0.2, 0) is 9.59 Å². The van der Waals surface area contributed by atoms with E-state index in [9.17, 15) is 22.8 Å². The van der Waals surface area contributed by atoms with Gasteiger partial charge in [0.25, 0.3) is 0 Å². The number of nitrogens with zero attached hydrogens (tertiary/aromatic N) is 5. The molecule has 0 unspecified atom stereocenters. The first kappa shape index (κ1) is 32.5. The number of anilines is 1. The third-order valence-electron chi connectivity index (χ3n) is 6.91. The first-order valence-corrected chi connectivity index (χ1v) is 15.5. The quantitative estimate of drug-likeness (QED) is 0.146. The van der Waals surface area contributed by atoms with E-state index in [2.05, 4.69) is 45.5 Å². The Morgan fingerprint density at radius 3 is 2.63 bits per heavy atom. The van der Waals surface area contributed by atoms with E-state index in [0.29, 0.717) is 29.5 Å². The van der Waals surface area contributed by atoms with E-state index in [4.69, 9.17) is 0 Å². The van der Waals surface area contributed by atoms with Crippen molar-refractivity contribution in [2.24, 2.45) is 4.99 Å². The molecule has 5 rings (SSSR count). The lowest BCUT2D eigenvalue weighted by Crippen LogP contribution is -2.31. The van der Waals surface area contributed by atoms with Crippen molar-refractivity contribution in [3.8, 4) is 34.7 Å². The molecular formula is C34H30F3N5O3S. The maximum atomic E-state index is 12.8. The molecule has 0 N–H and O–H groups in total. The van der Waals surface area contributed by atoms with Crippen molar-refractivity contribution < 1.29 is 27.5 Å². The topological polar surface area (TPSA) is 89.7 Å². The number of thioether (sulfide) groups is 1. The third-order valence-corrected chi connectivity index (χ3v) is 7.83. The predicted molar refractivity (Wildman–Crippen MR) is 172 cm³/mol. The van der Waals surface area contributed by atoms with Gasteiger partial charge in [0.2, 0.25) is 11.8 Å². The summed E-state index contributed by atoms with van der Waals surface area (Å²) in [5.41, 5.74) is 4.81. The van der Waals surface area contributed by atoms with Gasteiger partial charge in [-0.2, -0.15) is 4.99 Å². The van der Waals surface area contributed by atoms with Gasteiger partial charge in [-0.25, -0.2) is 9.67 Å². The maximum absolute atomic E-state index is 12.8. The van der Waals surface area contributed by atoms with Crippen LogP contribution in [0.1, 0.15) is 55.7 Å². The van der Waals surface area contributed by atoms with E-state index < -0.39 is 6.36 Å². The van der Waals surface area contributed by atoms with Crippen LogP contribution in [0.4, 0.5) is 18.9 Å². The van der Waals surface area contributed by atoms with Gasteiger partial charge >= 0.3 is 6.36 Å². The molecule has 1 saturated heterocycles. The number of aromatic nitrogens is 3. The number of carbonyl (C=O) groups excluding carboxylic acids is 2. The van der Waals surface area contributed by atoms with Crippen molar-refractivity contribution in [1.82, 2.24) is 14.8 Å². The third kappa shape index (κ3) is 8.22. The molecule has 3 aromatic carbocycles. The van der Waals surface area contributed by atoms with Crippen molar-refractivity contribution in [2.45, 2.75) is 52.3 Å². The highest BCUT2D eigenvalue weighted by molar-refractivity contribution is 8.15. The second-order valence-electron chi connectivity index (χ2n) is 10.8. The van der Waals surface area contributed by atoms with E-state index in [1.807, 2.05) is 49.4 Å². The molecule has 0 aliphatic carbocycles. The largest absolute Gasteiger partial charge is 0.573 e. The Morgan fingerprint density at radius 2 is 1.89 bits per heavy atom. The molecule has 8 nitrogen and oxygen atoms in total. The van der Waals surface area contributed by atoms with Crippen LogP contribution in [0.2, 0.25) is 0 Å². The summed E-state index contributed by atoms with van der Waals surface area (Å²) in [6.45, 7) is 6.10. The number of amides is 2. The molecule has 2 heterocycles. The number of aryl methyl sites for hydroxylation is 1. The Balaban J connectivity index is 1.18. The van der Waals surface area contributed by atoms with Crippen molar-refractivity contribution >= 4 is 34.4 Å². The number of alkyl halides is 3. The van der Waals surface area contributed by atoms with Crippen LogP contribution < -0.4 is 9.64 Å². The average Bonchev–Trinajstić information content (AvgIpc) is 3.63. The highest BCUT2D eigenvalue weighted by Gasteiger charge is 2.32. The van der Waals surface area contributed by atoms with Crippen molar-refractivity contribution in [3.63, 3.8) is 0 Å². The molecular weight excluding hydrogens is 615 g/mol. The van der Waals surface area contributed by atoms with Crippen molar-refractivity contribution in [3.05, 3.63) is 89.7 Å². The number of benzene rings is 3. The normalized spacial score (nSPS) is 14.1. The lowest BCUT2D eigenvalue weighted by molar-refractivity contribution is -0.274. The number of hydrogen-bond donors (Lipinski definition) is 0. The van der Waals surface area contributed by atoms with Crippen LogP contribution in [-0.4, -0.2) is 43.9 Å². The summed E-state index contributed by atoms with van der Waals surface area (Å²) < 4.78 is 42.6. The van der Waals surface area contributed by atoms with Crippen LogP contribution in [0.3, 0.4) is 0 Å². The molecule has 0 bridgehead atoms. The van der Waals surface area contributed by atoms with E-state index in [1.54, 1.807) is 4.90 Å². The van der Waals surface area contributed by atoms with Crippen LogP contribution in [0.15, 0.2) is 78.0 Å². The Bertz CT molecular complexity index is 1840. The molecule has 12 heteroatoms. The van der Waals surface area contributed by atoms with Gasteiger partial charge in [0.1, 0.15) is 12.1 Å². The fourth-order valence-corrected chi connectivity index (χ4v) is 5.61. The highest BCUT2D eigenvalue weighted by atomic mass is 32.2. The van der Waals surface area contributed by atoms with Crippen LogP contribution >= 0.6 is 11.8 Å². The number of aliphatic imine (C=N–C) groups is 1. The molecule has 1 aliphatic rings. The minimum atomic E-state index is -4.76. The standard InChI is InChI=1S/C34H30F3N5O3S/c1-22(2)28-17-12-23(3)18-29(28)42-31(44)20-46-33(42)39-30(43)11-6-4-5-8-24-9-7-10-25(19-24)32-38-21-41(40-32)26-13-15-27(16-14-26)45-34(35,36)37/h7,9-10,12-19,21-22H,4,6,11,20H2,1-3H3. The van der Waals surface area contributed by atoms with Gasteiger partial charge in [-0.05, 0) is 72.9 Å². The van der Waals surface area contributed by atoms with Gasteiger partial charge in [0, 0.05) is 24.0 Å². The summed E-state index contributed by atoms with van der Waals surface area (Å²) in [6.07, 6.45) is -2.09. The monoisotopic (exact) mass is 645 g/mol. The summed E-state index contributed by atoms with van der Waals surface area (Å²) in [5, 5.41) is 4.84. The van der Waals surface area contributed by atoms with Gasteiger partial charge in [-0.15, -0.1) is 18.3 Å². The Morgan fingerprint density at radius 1 is 1.11 bits per heavy atom. The molecule has 46 heavy (non-hydrogen) atoms. The number of carbonyl (C=O) groups is 2. The summed E-state index contributed by atoms with van der Waals surface area (Å²) in [6, 6.07) is 18.7. The number of rotatable bonds is 8. The van der Waals surface area contributed by atoms with E-state index in [1.165, 1.54) is 47.0 Å². The van der Waals surface area contributed by atoms with Crippen molar-refractivity contribution in [1.29, 1.82) is 0 Å². The first-order chi connectivity index (χ1) is 22.0. The minimum Gasteiger partial charge on any atom is -0.406 e. The highest BCUT2D eigenvalue weighted by Crippen LogP contribution is 2.34. The Kier molecular flexibility index (Phi) is 9.92. The van der Waals surface area contributed by atoms with Gasteiger partial charge in [0.15, 0.2) is 11.0 Å². The first-order valence-electron chi connectivity index (χ1n) is 14.5. The van der Waals surface area contributed by atoms with Crippen LogP contribution in [0, 0.1) is 18.8 Å². The molecule has 0 radical (unpaired) electrons. The molecule has 0 atom stereocenters. The van der Waals surface area contributed by atoms with Crippen molar-refractivity contribution in [2.75, 3.05) is 10.7 Å². The molecule has 1 aromatic heterocycles. The average molecular weight is 646 g/mol. The summed E-state index contributed by atoms with van der Waals surface area (Å²) >= 11 is 1.27. The number of hydrogen-bond acceptors (Lipinski definition) is 6. The number of halogens is 3. The summed E-state index contributed by atoms with van der Waals surface area (Å²) in [4.78, 5) is 35.7. The van der Waals surface area contributed by atoms with E-state index in [0.717, 1.165) is 27.9 Å². The minimum absolute atomic E-state index is 0.0901.